The number of hydrogen-bond donors (Lipinski definition) is 1. The van der Waals surface area contributed by atoms with Gasteiger partial charge in [0.1, 0.15) is 6.61 Å². The molecule has 0 bridgehead atoms. The zero-order valence-electron chi connectivity index (χ0n) is 15.7. The van der Waals surface area contributed by atoms with Crippen LogP contribution in [0.2, 0.25) is 15.1 Å². The maximum absolute atomic E-state index is 11.0. The number of aromatic carboxylic acids is 1. The van der Waals surface area contributed by atoms with E-state index in [0.29, 0.717) is 42.0 Å². The van der Waals surface area contributed by atoms with Gasteiger partial charge in [0.05, 0.1) is 36.7 Å². The molecule has 0 spiro atoms. The molecule has 3 aromatic carbocycles. The Morgan fingerprint density at radius 3 is 2.26 bits per heavy atom. The molecule has 1 N–H and O–H groups in total. The van der Waals surface area contributed by atoms with Gasteiger partial charge < -0.3 is 9.84 Å². The summed E-state index contributed by atoms with van der Waals surface area (Å²) in [5, 5.41) is 19.8. The SMILES string of the molecule is N#C/C(=C/c1cc(Cl)c(OCc2ccc(Cl)c(Cl)c2)c(Br)c1)c1ccc(C(=O)O)cc1. The Morgan fingerprint density at radius 1 is 1.00 bits per heavy atom. The van der Waals surface area contributed by atoms with Crippen LogP contribution >= 0.6 is 50.7 Å². The number of nitrogens with zero attached hydrogens (tertiary/aromatic N) is 1. The van der Waals surface area contributed by atoms with Gasteiger partial charge in [-0.2, -0.15) is 5.26 Å². The summed E-state index contributed by atoms with van der Waals surface area (Å²) in [7, 11) is 0. The molecular formula is C23H13BrCl3NO3. The molecule has 0 amide bonds. The van der Waals surface area contributed by atoms with Crippen molar-refractivity contribution in [3.63, 3.8) is 0 Å². The maximum atomic E-state index is 11.0. The monoisotopic (exact) mass is 535 g/mol. The fraction of sp³-hybridized carbons (Fsp3) is 0.0435. The number of rotatable bonds is 6. The average molecular weight is 538 g/mol. The van der Waals surface area contributed by atoms with Crippen LogP contribution in [0, 0.1) is 11.3 Å². The van der Waals surface area contributed by atoms with Gasteiger partial charge in [-0.05, 0) is 75.1 Å². The van der Waals surface area contributed by atoms with E-state index in [0.717, 1.165) is 5.56 Å². The maximum Gasteiger partial charge on any atom is 0.335 e. The fourth-order valence-electron chi connectivity index (χ4n) is 2.72. The molecule has 3 aromatic rings. The molecule has 0 aliphatic carbocycles. The minimum Gasteiger partial charge on any atom is -0.486 e. The molecule has 0 aromatic heterocycles. The Balaban J connectivity index is 1.83. The molecular weight excluding hydrogens is 525 g/mol. The van der Waals surface area contributed by atoms with E-state index in [1.807, 2.05) is 6.07 Å². The molecule has 4 nitrogen and oxygen atoms in total. The second-order valence-electron chi connectivity index (χ2n) is 6.40. The minimum absolute atomic E-state index is 0.148. The topological polar surface area (TPSA) is 70.3 Å². The summed E-state index contributed by atoms with van der Waals surface area (Å²) in [5.41, 5.74) is 2.62. The lowest BCUT2D eigenvalue weighted by molar-refractivity contribution is 0.0697. The van der Waals surface area contributed by atoms with Crippen LogP contribution < -0.4 is 4.74 Å². The molecule has 0 unspecified atom stereocenters. The zero-order valence-corrected chi connectivity index (χ0v) is 19.6. The highest BCUT2D eigenvalue weighted by atomic mass is 79.9. The number of carboxylic acid groups (broad SMARTS) is 1. The van der Waals surface area contributed by atoms with Gasteiger partial charge >= 0.3 is 5.97 Å². The fourth-order valence-corrected chi connectivity index (χ4v) is 4.03. The highest BCUT2D eigenvalue weighted by Crippen LogP contribution is 2.36. The molecule has 8 heteroatoms. The third-order valence-electron chi connectivity index (χ3n) is 4.26. The molecule has 156 valence electrons. The van der Waals surface area contributed by atoms with E-state index in [4.69, 9.17) is 44.6 Å². The molecule has 0 radical (unpaired) electrons. The van der Waals surface area contributed by atoms with Crippen LogP contribution in [0.3, 0.4) is 0 Å². The lowest BCUT2D eigenvalue weighted by Gasteiger charge is -2.12. The van der Waals surface area contributed by atoms with E-state index in [9.17, 15) is 10.1 Å². The van der Waals surface area contributed by atoms with Crippen LogP contribution in [0.15, 0.2) is 59.1 Å². The van der Waals surface area contributed by atoms with Crippen molar-refractivity contribution in [2.45, 2.75) is 6.61 Å². The molecule has 31 heavy (non-hydrogen) atoms. The van der Waals surface area contributed by atoms with E-state index in [1.165, 1.54) is 12.1 Å². The summed E-state index contributed by atoms with van der Waals surface area (Å²) in [4.78, 5) is 11.0. The van der Waals surface area contributed by atoms with Crippen molar-refractivity contribution in [1.29, 1.82) is 5.26 Å². The highest BCUT2D eigenvalue weighted by Gasteiger charge is 2.11. The van der Waals surface area contributed by atoms with Gasteiger partial charge in [0.2, 0.25) is 0 Å². The number of ether oxygens (including phenoxy) is 1. The zero-order chi connectivity index (χ0) is 22.5. The molecule has 0 saturated heterocycles. The van der Waals surface area contributed by atoms with Gasteiger partial charge in [-0.1, -0.05) is 53.0 Å². The number of carbonyl (C=O) groups is 1. The summed E-state index contributed by atoms with van der Waals surface area (Å²) in [5.74, 6) is -0.574. The molecule has 0 heterocycles. The molecule has 0 saturated carbocycles. The number of benzene rings is 3. The predicted molar refractivity (Wildman–Crippen MR) is 127 cm³/mol. The third-order valence-corrected chi connectivity index (χ3v) is 5.87. The van der Waals surface area contributed by atoms with Crippen molar-refractivity contribution in [2.75, 3.05) is 0 Å². The first-order valence-corrected chi connectivity index (χ1v) is 10.7. The summed E-state index contributed by atoms with van der Waals surface area (Å²) >= 11 is 21.8. The summed E-state index contributed by atoms with van der Waals surface area (Å²) in [6, 6.07) is 16.9. The first kappa shape index (κ1) is 23.2. The third kappa shape index (κ3) is 5.81. The quantitative estimate of drug-likeness (QED) is 0.258. The van der Waals surface area contributed by atoms with Gasteiger partial charge in [-0.3, -0.25) is 0 Å². The van der Waals surface area contributed by atoms with Crippen molar-refractivity contribution < 1.29 is 14.6 Å². The van der Waals surface area contributed by atoms with Crippen molar-refractivity contribution in [3.05, 3.63) is 96.4 Å². The Morgan fingerprint density at radius 2 is 1.68 bits per heavy atom. The second-order valence-corrected chi connectivity index (χ2v) is 8.48. The molecule has 0 fully saturated rings. The van der Waals surface area contributed by atoms with Crippen LogP contribution in [-0.2, 0) is 6.61 Å². The Kier molecular flexibility index (Phi) is 7.64. The Bertz CT molecular complexity index is 1190. The van der Waals surface area contributed by atoms with Crippen LogP contribution in [0.4, 0.5) is 0 Å². The summed E-state index contributed by atoms with van der Waals surface area (Å²) in [6.07, 6.45) is 1.66. The van der Waals surface area contributed by atoms with Crippen molar-refractivity contribution >= 4 is 68.4 Å². The largest absolute Gasteiger partial charge is 0.486 e. The van der Waals surface area contributed by atoms with Gasteiger partial charge in [0.15, 0.2) is 5.75 Å². The van der Waals surface area contributed by atoms with Crippen molar-refractivity contribution in [3.8, 4) is 11.8 Å². The average Bonchev–Trinajstić information content (AvgIpc) is 2.74. The first-order valence-electron chi connectivity index (χ1n) is 8.80. The number of nitriles is 1. The van der Waals surface area contributed by atoms with Crippen LogP contribution in [-0.4, -0.2) is 11.1 Å². The van der Waals surface area contributed by atoms with Gasteiger partial charge in [0.25, 0.3) is 0 Å². The van der Waals surface area contributed by atoms with E-state index in [2.05, 4.69) is 22.0 Å². The van der Waals surface area contributed by atoms with Crippen LogP contribution in [0.25, 0.3) is 11.6 Å². The standard InChI is InChI=1S/C23H13BrCl3NO3/c24-18-8-14(7-17(11-28)15-2-4-16(5-3-15)23(29)30)10-21(27)22(18)31-12-13-1-6-19(25)20(26)9-13/h1-10H,12H2,(H,29,30)/b17-7-. The first-order chi connectivity index (χ1) is 14.8. The molecule has 0 aliphatic rings. The van der Waals surface area contributed by atoms with E-state index in [-0.39, 0.29) is 12.2 Å². The number of halogens is 4. The summed E-state index contributed by atoms with van der Waals surface area (Å²) in [6.45, 7) is 0.240. The van der Waals surface area contributed by atoms with Crippen LogP contribution in [0.5, 0.6) is 5.75 Å². The van der Waals surface area contributed by atoms with Gasteiger partial charge in [-0.15, -0.1) is 0 Å². The molecule has 3 rings (SSSR count). The molecule has 0 atom stereocenters. The van der Waals surface area contributed by atoms with E-state index >= 15 is 0 Å². The minimum atomic E-state index is -1.03. The van der Waals surface area contributed by atoms with E-state index in [1.54, 1.807) is 42.5 Å². The molecule has 0 aliphatic heterocycles. The number of allylic oxidation sites excluding steroid dienone is 1. The van der Waals surface area contributed by atoms with Crippen molar-refractivity contribution in [1.82, 2.24) is 0 Å². The Hall–Kier alpha value is -2.49. The lowest BCUT2D eigenvalue weighted by Crippen LogP contribution is -1.97. The predicted octanol–water partition coefficient (Wildman–Crippen LogP) is 7.75. The van der Waals surface area contributed by atoms with E-state index < -0.39 is 5.97 Å². The number of hydrogen-bond acceptors (Lipinski definition) is 3. The smallest absolute Gasteiger partial charge is 0.335 e. The van der Waals surface area contributed by atoms with Gasteiger partial charge in [-0.25, -0.2) is 4.79 Å². The number of carboxylic acids is 1. The lowest BCUT2D eigenvalue weighted by atomic mass is 10.0. The normalized spacial score (nSPS) is 11.1. The summed E-state index contributed by atoms with van der Waals surface area (Å²) < 4.78 is 6.45. The van der Waals surface area contributed by atoms with Crippen molar-refractivity contribution in [2.24, 2.45) is 0 Å². The second kappa shape index (κ2) is 10.2. The van der Waals surface area contributed by atoms with Gasteiger partial charge in [0, 0.05) is 0 Å². The Labute approximate surface area is 202 Å². The van der Waals surface area contributed by atoms with Crippen LogP contribution in [0.1, 0.15) is 27.0 Å². The highest BCUT2D eigenvalue weighted by molar-refractivity contribution is 9.10.